The zero-order valence-electron chi connectivity index (χ0n) is 17.1. The van der Waals surface area contributed by atoms with Gasteiger partial charge in [0.05, 0.1) is 17.3 Å². The Hall–Kier alpha value is -3.15. The topological polar surface area (TPSA) is 127 Å². The van der Waals surface area contributed by atoms with Crippen LogP contribution in [0, 0.1) is 0 Å². The summed E-state index contributed by atoms with van der Waals surface area (Å²) in [6.45, 7) is 2.15. The molecule has 11 heteroatoms. The molecule has 3 N–H and O–H groups in total. The summed E-state index contributed by atoms with van der Waals surface area (Å²) in [4.78, 5) is 17.8. The molecule has 2 aromatic carbocycles. The fraction of sp³-hybridized carbons (Fsp3) is 0.238. The number of hydrogen-bond acceptors (Lipinski definition) is 7. The number of nitrogens with zero attached hydrogens (tertiary/aromatic N) is 1. The molecule has 32 heavy (non-hydrogen) atoms. The number of aromatic nitrogens is 1. The van der Waals surface area contributed by atoms with Gasteiger partial charge in [-0.3, -0.25) is 14.1 Å². The molecule has 0 spiro atoms. The molecule has 0 bridgehead atoms. The number of aryl methyl sites for hydroxylation is 1. The molecule has 3 aromatic rings. The summed E-state index contributed by atoms with van der Waals surface area (Å²) in [5, 5.41) is 5.56. The van der Waals surface area contributed by atoms with E-state index in [1.165, 1.54) is 23.5 Å². The number of nitrogens with one attached hydrogen (secondary N) is 2. The van der Waals surface area contributed by atoms with Crippen molar-refractivity contribution in [2.24, 2.45) is 0 Å². The third-order valence-electron chi connectivity index (χ3n) is 4.83. The lowest BCUT2D eigenvalue weighted by atomic mass is 9.98. The maximum atomic E-state index is 13.2. The highest BCUT2D eigenvalue weighted by molar-refractivity contribution is 7.87. The smallest absolute Gasteiger partial charge is 0.357 e. The van der Waals surface area contributed by atoms with Crippen LogP contribution in [0.1, 0.15) is 29.1 Å². The van der Waals surface area contributed by atoms with Crippen LogP contribution < -0.4 is 19.5 Å². The number of anilines is 2. The summed E-state index contributed by atoms with van der Waals surface area (Å²) in [6, 6.07) is 11.6. The number of thiazole rings is 1. The summed E-state index contributed by atoms with van der Waals surface area (Å²) in [5.74, 6) is 0.432. The van der Waals surface area contributed by atoms with Crippen molar-refractivity contribution in [3.05, 3.63) is 64.1 Å². The predicted molar refractivity (Wildman–Crippen MR) is 121 cm³/mol. The zero-order valence-corrected chi connectivity index (χ0v) is 18.7. The predicted octanol–water partition coefficient (Wildman–Crippen LogP) is 3.61. The van der Waals surface area contributed by atoms with Crippen molar-refractivity contribution in [1.82, 2.24) is 4.98 Å². The van der Waals surface area contributed by atoms with Crippen LogP contribution in [-0.2, 0) is 27.9 Å². The number of rotatable bonds is 8. The average molecular weight is 476 g/mol. The molecule has 0 unspecified atom stereocenters. The number of carbonyl (C=O) groups is 1. The highest BCUT2D eigenvalue weighted by Gasteiger charge is 2.25. The van der Waals surface area contributed by atoms with Crippen LogP contribution in [-0.4, -0.2) is 30.7 Å². The van der Waals surface area contributed by atoms with Gasteiger partial charge in [-0.1, -0.05) is 19.1 Å². The van der Waals surface area contributed by atoms with Gasteiger partial charge in [0, 0.05) is 17.1 Å². The number of benzene rings is 2. The molecule has 4 rings (SSSR count). The van der Waals surface area contributed by atoms with Gasteiger partial charge < -0.3 is 14.8 Å². The Balaban J connectivity index is 1.55. The summed E-state index contributed by atoms with van der Waals surface area (Å²) in [5.41, 5.74) is 2.54. The number of ether oxygens (including phenoxy) is 2. The fourth-order valence-electron chi connectivity index (χ4n) is 3.23. The number of hydrogen-bond donors (Lipinski definition) is 3. The first-order chi connectivity index (χ1) is 15.3. The highest BCUT2D eigenvalue weighted by atomic mass is 32.2. The van der Waals surface area contributed by atoms with Crippen molar-refractivity contribution < 1.29 is 27.2 Å². The van der Waals surface area contributed by atoms with Gasteiger partial charge in [0.1, 0.15) is 5.01 Å². The molecule has 168 valence electrons. The number of amides is 1. The maximum Gasteiger partial charge on any atom is 0.357 e. The van der Waals surface area contributed by atoms with Gasteiger partial charge in [-0.25, -0.2) is 4.98 Å². The van der Waals surface area contributed by atoms with Crippen molar-refractivity contribution in [2.45, 2.75) is 25.7 Å². The van der Waals surface area contributed by atoms with Crippen molar-refractivity contribution in [2.75, 3.05) is 16.8 Å². The second-order valence-corrected chi connectivity index (χ2v) is 9.16. The SMILES string of the molecule is CCc1csc([C@@H](Cc2ccc(NS(=O)(=O)O)cc2)C(=O)Nc2ccc3c(c2)OCO3)n1. The zero-order chi connectivity index (χ0) is 22.7. The Kier molecular flexibility index (Phi) is 6.31. The van der Waals surface area contributed by atoms with Crippen LogP contribution in [0.5, 0.6) is 11.5 Å². The summed E-state index contributed by atoms with van der Waals surface area (Å²) in [7, 11) is -4.35. The summed E-state index contributed by atoms with van der Waals surface area (Å²) < 4.78 is 43.6. The Labute approximate surface area is 189 Å². The van der Waals surface area contributed by atoms with Crippen molar-refractivity contribution in [1.29, 1.82) is 0 Å². The third kappa shape index (κ3) is 5.36. The van der Waals surface area contributed by atoms with Gasteiger partial charge in [0.15, 0.2) is 11.5 Å². The first-order valence-corrected chi connectivity index (χ1v) is 12.1. The standard InChI is InChI=1S/C21H21N3O6S2/c1-2-14-11-31-21(23-14)17(9-13-3-5-15(6-4-13)24-32(26,27)28)20(25)22-16-7-8-18-19(10-16)30-12-29-18/h3-8,10-11,17,24H,2,9,12H2,1H3,(H,22,25)(H,26,27,28)/t17-/m0/s1. The molecule has 0 radical (unpaired) electrons. The van der Waals surface area contributed by atoms with Crippen LogP contribution in [0.15, 0.2) is 47.8 Å². The summed E-state index contributed by atoms with van der Waals surface area (Å²) in [6.07, 6.45) is 1.13. The third-order valence-corrected chi connectivity index (χ3v) is 6.33. The Morgan fingerprint density at radius 1 is 1.16 bits per heavy atom. The normalized spacial score (nSPS) is 13.6. The largest absolute Gasteiger partial charge is 0.454 e. The molecule has 0 fully saturated rings. The Morgan fingerprint density at radius 3 is 2.56 bits per heavy atom. The molecule has 1 aliphatic rings. The first kappa shape index (κ1) is 22.1. The van der Waals surface area contributed by atoms with Gasteiger partial charge in [0.25, 0.3) is 0 Å². The molecule has 0 saturated carbocycles. The van der Waals surface area contributed by atoms with E-state index in [1.54, 1.807) is 30.3 Å². The van der Waals surface area contributed by atoms with Gasteiger partial charge in [0.2, 0.25) is 12.7 Å². The molecule has 0 aliphatic carbocycles. The molecule has 9 nitrogen and oxygen atoms in total. The fourth-order valence-corrected chi connectivity index (χ4v) is 4.67. The molecule has 1 aromatic heterocycles. The minimum atomic E-state index is -4.35. The monoisotopic (exact) mass is 475 g/mol. The van der Waals surface area contributed by atoms with E-state index < -0.39 is 16.2 Å². The molecular weight excluding hydrogens is 454 g/mol. The lowest BCUT2D eigenvalue weighted by Crippen LogP contribution is -2.23. The molecule has 1 amide bonds. The van der Waals surface area contributed by atoms with E-state index in [2.05, 4.69) is 10.3 Å². The Morgan fingerprint density at radius 2 is 1.88 bits per heavy atom. The summed E-state index contributed by atoms with van der Waals surface area (Å²) >= 11 is 1.43. The van der Waals surface area contributed by atoms with Gasteiger partial charge in [-0.2, -0.15) is 8.42 Å². The van der Waals surface area contributed by atoms with Gasteiger partial charge >= 0.3 is 10.3 Å². The molecule has 1 aliphatic heterocycles. The minimum Gasteiger partial charge on any atom is -0.454 e. The molecular formula is C21H21N3O6S2. The van der Waals surface area contributed by atoms with E-state index >= 15 is 0 Å². The molecule has 2 heterocycles. The second kappa shape index (κ2) is 9.15. The maximum absolute atomic E-state index is 13.2. The van der Waals surface area contributed by atoms with Crippen LogP contribution in [0.2, 0.25) is 0 Å². The lowest BCUT2D eigenvalue weighted by molar-refractivity contribution is -0.117. The van der Waals surface area contributed by atoms with E-state index in [1.807, 2.05) is 17.0 Å². The van der Waals surface area contributed by atoms with Crippen LogP contribution in [0.3, 0.4) is 0 Å². The quantitative estimate of drug-likeness (QED) is 0.425. The van der Waals surface area contributed by atoms with Gasteiger partial charge in [-0.05, 0) is 42.7 Å². The minimum absolute atomic E-state index is 0.150. The molecule has 0 saturated heterocycles. The number of carbonyl (C=O) groups excluding carboxylic acids is 1. The van der Waals surface area contributed by atoms with Crippen LogP contribution in [0.25, 0.3) is 0 Å². The van der Waals surface area contributed by atoms with E-state index in [0.717, 1.165) is 17.7 Å². The van der Waals surface area contributed by atoms with Crippen molar-refractivity contribution >= 4 is 38.9 Å². The second-order valence-electron chi connectivity index (χ2n) is 7.12. The first-order valence-electron chi connectivity index (χ1n) is 9.79. The van der Waals surface area contributed by atoms with E-state index in [0.29, 0.717) is 28.6 Å². The van der Waals surface area contributed by atoms with E-state index in [9.17, 15) is 13.2 Å². The van der Waals surface area contributed by atoms with Gasteiger partial charge in [-0.15, -0.1) is 11.3 Å². The lowest BCUT2D eigenvalue weighted by Gasteiger charge is -2.16. The van der Waals surface area contributed by atoms with E-state index in [-0.39, 0.29) is 18.4 Å². The molecule has 1 atom stereocenters. The average Bonchev–Trinajstić information content (AvgIpc) is 3.41. The van der Waals surface area contributed by atoms with Crippen molar-refractivity contribution in [3.8, 4) is 11.5 Å². The van der Waals surface area contributed by atoms with Crippen LogP contribution in [0.4, 0.5) is 11.4 Å². The number of fused-ring (bicyclic) bond motifs is 1. The highest BCUT2D eigenvalue weighted by Crippen LogP contribution is 2.35. The van der Waals surface area contributed by atoms with E-state index in [4.69, 9.17) is 14.0 Å². The van der Waals surface area contributed by atoms with Crippen LogP contribution >= 0.6 is 11.3 Å². The van der Waals surface area contributed by atoms with Crippen molar-refractivity contribution in [3.63, 3.8) is 0 Å². The Bertz CT molecular complexity index is 1220.